The van der Waals surface area contributed by atoms with Gasteiger partial charge in [-0.1, -0.05) is 28.5 Å². The summed E-state index contributed by atoms with van der Waals surface area (Å²) in [6.07, 6.45) is 0.855. The first kappa shape index (κ1) is 14.6. The first-order valence-corrected chi connectivity index (χ1v) is 6.81. The largest absolute Gasteiger partial charge is 0.480 e. The van der Waals surface area contributed by atoms with E-state index in [1.807, 2.05) is 6.92 Å². The second kappa shape index (κ2) is 8.87. The lowest BCUT2D eigenvalue weighted by Gasteiger charge is -2.12. The van der Waals surface area contributed by atoms with Gasteiger partial charge >= 0.3 is 5.97 Å². The highest BCUT2D eigenvalue weighted by molar-refractivity contribution is 8.77. The van der Waals surface area contributed by atoms with Crippen molar-refractivity contribution in [2.75, 3.05) is 12.4 Å². The molecule has 0 aliphatic carbocycles. The zero-order chi connectivity index (χ0) is 11.7. The van der Waals surface area contributed by atoms with Crippen LogP contribution in [0.2, 0.25) is 0 Å². The quantitative estimate of drug-likeness (QED) is 0.462. The standard InChI is InChI=1S/C8H15NO4S2/c1-2-6(3-13-5-10)15-14-4-7(9)8(11)12/h5-7H,2-4,9H2,1H3,(H,11,12). The number of nitrogens with two attached hydrogens (primary N) is 1. The lowest BCUT2D eigenvalue weighted by atomic mass is 10.3. The summed E-state index contributed by atoms with van der Waals surface area (Å²) in [6, 6.07) is -0.841. The third-order valence-corrected chi connectivity index (χ3v) is 4.58. The van der Waals surface area contributed by atoms with Crippen LogP contribution in [-0.4, -0.2) is 41.2 Å². The predicted octanol–water partition coefficient (Wildman–Crippen LogP) is 0.731. The van der Waals surface area contributed by atoms with Gasteiger partial charge in [0.15, 0.2) is 0 Å². The van der Waals surface area contributed by atoms with Crippen LogP contribution in [0.1, 0.15) is 13.3 Å². The molecular formula is C8H15NO4S2. The van der Waals surface area contributed by atoms with Crippen molar-refractivity contribution in [1.82, 2.24) is 0 Å². The molecule has 0 aromatic carbocycles. The highest BCUT2D eigenvalue weighted by Crippen LogP contribution is 2.29. The second-order valence-electron chi connectivity index (χ2n) is 2.79. The highest BCUT2D eigenvalue weighted by atomic mass is 33.1. The van der Waals surface area contributed by atoms with Gasteiger partial charge < -0.3 is 15.6 Å². The van der Waals surface area contributed by atoms with Crippen molar-refractivity contribution in [1.29, 1.82) is 0 Å². The molecule has 5 nitrogen and oxygen atoms in total. The molecule has 0 aliphatic rings. The van der Waals surface area contributed by atoms with E-state index >= 15 is 0 Å². The Morgan fingerprint density at radius 2 is 2.33 bits per heavy atom. The Hall–Kier alpha value is -0.400. The van der Waals surface area contributed by atoms with Gasteiger partial charge in [-0.15, -0.1) is 0 Å². The van der Waals surface area contributed by atoms with Crippen LogP contribution in [0.4, 0.5) is 0 Å². The Balaban J connectivity index is 3.62. The summed E-state index contributed by atoms with van der Waals surface area (Å²) in [5.41, 5.74) is 5.32. The van der Waals surface area contributed by atoms with E-state index < -0.39 is 12.0 Å². The minimum Gasteiger partial charge on any atom is -0.480 e. The molecule has 0 saturated carbocycles. The number of carbonyl (C=O) groups excluding carboxylic acids is 1. The number of rotatable bonds is 9. The molecule has 3 N–H and O–H groups in total. The van der Waals surface area contributed by atoms with E-state index in [4.69, 9.17) is 10.8 Å². The molecule has 88 valence electrons. The van der Waals surface area contributed by atoms with Gasteiger partial charge in [-0.2, -0.15) is 0 Å². The van der Waals surface area contributed by atoms with E-state index in [0.717, 1.165) is 6.42 Å². The summed E-state index contributed by atoms with van der Waals surface area (Å²) in [7, 11) is 2.88. The molecule has 0 aromatic heterocycles. The number of carbonyl (C=O) groups is 2. The van der Waals surface area contributed by atoms with Gasteiger partial charge in [0, 0.05) is 11.0 Å². The maximum atomic E-state index is 10.4. The topological polar surface area (TPSA) is 89.6 Å². The summed E-state index contributed by atoms with van der Waals surface area (Å²) in [6.45, 7) is 2.74. The Morgan fingerprint density at radius 1 is 1.67 bits per heavy atom. The first-order valence-electron chi connectivity index (χ1n) is 4.43. The van der Waals surface area contributed by atoms with E-state index in [1.165, 1.54) is 21.6 Å². The molecule has 0 amide bonds. The number of carboxylic acids is 1. The fourth-order valence-corrected chi connectivity index (χ4v) is 3.30. The lowest BCUT2D eigenvalue weighted by molar-refractivity contribution is -0.138. The Labute approximate surface area is 96.5 Å². The maximum Gasteiger partial charge on any atom is 0.321 e. The van der Waals surface area contributed by atoms with Crippen LogP contribution in [-0.2, 0) is 14.3 Å². The van der Waals surface area contributed by atoms with Crippen LogP contribution in [0.3, 0.4) is 0 Å². The minimum absolute atomic E-state index is 0.182. The molecule has 0 saturated heterocycles. The number of hydrogen-bond acceptors (Lipinski definition) is 6. The summed E-state index contributed by atoms with van der Waals surface area (Å²) < 4.78 is 4.63. The zero-order valence-electron chi connectivity index (χ0n) is 8.42. The van der Waals surface area contributed by atoms with Gasteiger partial charge in [0.2, 0.25) is 0 Å². The van der Waals surface area contributed by atoms with Crippen LogP contribution in [0.15, 0.2) is 0 Å². The Bertz CT molecular complexity index is 203. The number of carboxylic acid groups (broad SMARTS) is 1. The second-order valence-corrected chi connectivity index (χ2v) is 5.50. The average molecular weight is 253 g/mol. The molecule has 0 bridgehead atoms. The van der Waals surface area contributed by atoms with E-state index in [9.17, 15) is 9.59 Å². The molecule has 7 heteroatoms. The number of ether oxygens (including phenoxy) is 1. The third-order valence-electron chi connectivity index (χ3n) is 1.57. The van der Waals surface area contributed by atoms with Crippen LogP contribution in [0.25, 0.3) is 0 Å². The number of aliphatic carboxylic acids is 1. The molecule has 2 unspecified atom stereocenters. The van der Waals surface area contributed by atoms with Crippen LogP contribution in [0.5, 0.6) is 0 Å². The molecule has 15 heavy (non-hydrogen) atoms. The van der Waals surface area contributed by atoms with Crippen molar-refractivity contribution in [3.8, 4) is 0 Å². The van der Waals surface area contributed by atoms with Crippen LogP contribution >= 0.6 is 21.6 Å². The van der Waals surface area contributed by atoms with Gasteiger partial charge in [0.25, 0.3) is 6.47 Å². The van der Waals surface area contributed by atoms with Gasteiger partial charge in [0.05, 0.1) is 0 Å². The molecule has 2 atom stereocenters. The summed E-state index contributed by atoms with van der Waals surface area (Å²) >= 11 is 0. The Kier molecular flexibility index (Phi) is 8.64. The molecular weight excluding hydrogens is 238 g/mol. The SMILES string of the molecule is CCC(COC=O)SSCC(N)C(=O)O. The smallest absolute Gasteiger partial charge is 0.321 e. The van der Waals surface area contributed by atoms with Gasteiger partial charge in [-0.3, -0.25) is 9.59 Å². The van der Waals surface area contributed by atoms with Crippen molar-refractivity contribution >= 4 is 34.0 Å². The van der Waals surface area contributed by atoms with Crippen molar-refractivity contribution in [2.45, 2.75) is 24.6 Å². The van der Waals surface area contributed by atoms with Crippen molar-refractivity contribution in [2.24, 2.45) is 5.73 Å². The maximum absolute atomic E-state index is 10.4. The van der Waals surface area contributed by atoms with E-state index in [1.54, 1.807) is 0 Å². The van der Waals surface area contributed by atoms with Crippen LogP contribution < -0.4 is 5.73 Å². The van der Waals surface area contributed by atoms with Crippen LogP contribution in [0, 0.1) is 0 Å². The van der Waals surface area contributed by atoms with E-state index in [-0.39, 0.29) is 5.25 Å². The summed E-state index contributed by atoms with van der Waals surface area (Å²) in [5.74, 6) is -0.655. The van der Waals surface area contributed by atoms with E-state index in [0.29, 0.717) is 18.8 Å². The first-order chi connectivity index (χ1) is 7.11. The Morgan fingerprint density at radius 3 is 2.80 bits per heavy atom. The molecule has 0 aliphatic heterocycles. The summed E-state index contributed by atoms with van der Waals surface area (Å²) in [5, 5.41) is 8.71. The van der Waals surface area contributed by atoms with Gasteiger partial charge in [-0.05, 0) is 6.42 Å². The third kappa shape index (κ3) is 7.52. The normalized spacial score (nSPS) is 14.3. The molecule has 0 heterocycles. The molecule has 0 radical (unpaired) electrons. The molecule has 0 spiro atoms. The predicted molar refractivity (Wildman–Crippen MR) is 61.8 cm³/mol. The number of hydrogen-bond donors (Lipinski definition) is 2. The fourth-order valence-electron chi connectivity index (χ4n) is 0.640. The summed E-state index contributed by atoms with van der Waals surface area (Å²) in [4.78, 5) is 20.4. The van der Waals surface area contributed by atoms with Gasteiger partial charge in [0.1, 0.15) is 12.6 Å². The van der Waals surface area contributed by atoms with Crippen molar-refractivity contribution in [3.05, 3.63) is 0 Å². The molecule has 0 fully saturated rings. The van der Waals surface area contributed by atoms with Crippen molar-refractivity contribution in [3.63, 3.8) is 0 Å². The molecule has 0 aromatic rings. The van der Waals surface area contributed by atoms with Gasteiger partial charge in [-0.25, -0.2) is 0 Å². The molecule has 0 rings (SSSR count). The monoisotopic (exact) mass is 253 g/mol. The lowest BCUT2D eigenvalue weighted by Crippen LogP contribution is -2.32. The zero-order valence-corrected chi connectivity index (χ0v) is 10.1. The highest BCUT2D eigenvalue weighted by Gasteiger charge is 2.13. The fraction of sp³-hybridized carbons (Fsp3) is 0.750. The van der Waals surface area contributed by atoms with E-state index in [2.05, 4.69) is 4.74 Å². The minimum atomic E-state index is -1.000. The van der Waals surface area contributed by atoms with Crippen molar-refractivity contribution < 1.29 is 19.4 Å². The average Bonchev–Trinajstić information content (AvgIpc) is 2.22.